The molecule has 1 N–H and O–H groups in total. The Morgan fingerprint density at radius 1 is 1.23 bits per heavy atom. The predicted octanol–water partition coefficient (Wildman–Crippen LogP) is 3.88. The maximum Gasteiger partial charge on any atom is 0.127 e. The van der Waals surface area contributed by atoms with E-state index < -0.39 is 6.10 Å². The number of aliphatic hydroxyl groups is 1. The van der Waals surface area contributed by atoms with E-state index in [-0.39, 0.29) is 6.61 Å². The molecule has 0 bridgehead atoms. The summed E-state index contributed by atoms with van der Waals surface area (Å²) in [5, 5.41) is 14.6. The van der Waals surface area contributed by atoms with Crippen LogP contribution in [0.3, 0.4) is 0 Å². The molecule has 7 heteroatoms. The van der Waals surface area contributed by atoms with Crippen LogP contribution < -0.4 is 4.74 Å². The molecule has 0 aliphatic heterocycles. The smallest absolute Gasteiger partial charge is 0.127 e. The van der Waals surface area contributed by atoms with Gasteiger partial charge in [0, 0.05) is 16.2 Å². The third-order valence-corrected chi connectivity index (χ3v) is 5.12. The molecule has 22 heavy (non-hydrogen) atoms. The zero-order chi connectivity index (χ0) is 15.4. The Bertz CT molecular complexity index is 749. The summed E-state index contributed by atoms with van der Waals surface area (Å²) in [6.45, 7) is 0.229. The molecule has 3 rings (SSSR count). The quantitative estimate of drug-likeness (QED) is 0.539. The molecule has 2 aromatic heterocycles. The average Bonchev–Trinajstić information content (AvgIpc) is 3.01. The maximum atomic E-state index is 10.0. The monoisotopic (exact) mass is 352 g/mol. The van der Waals surface area contributed by atoms with Gasteiger partial charge in [-0.25, -0.2) is 9.97 Å². The van der Waals surface area contributed by atoms with Crippen molar-refractivity contribution in [3.8, 4) is 5.75 Å². The van der Waals surface area contributed by atoms with Gasteiger partial charge in [0.25, 0.3) is 0 Å². The van der Waals surface area contributed by atoms with Crippen LogP contribution in [-0.4, -0.2) is 33.5 Å². The van der Waals surface area contributed by atoms with Gasteiger partial charge in [-0.15, -0.1) is 23.1 Å². The van der Waals surface area contributed by atoms with E-state index >= 15 is 0 Å². The molecular formula is C15H13ClN2O2S2. The lowest BCUT2D eigenvalue weighted by Crippen LogP contribution is -2.20. The van der Waals surface area contributed by atoms with Gasteiger partial charge in [0.15, 0.2) is 0 Å². The van der Waals surface area contributed by atoms with Crippen molar-refractivity contribution in [1.29, 1.82) is 0 Å². The van der Waals surface area contributed by atoms with Gasteiger partial charge in [-0.05, 0) is 35.7 Å². The molecule has 0 fully saturated rings. The number of aliphatic hydroxyl groups excluding tert-OH is 1. The lowest BCUT2D eigenvalue weighted by molar-refractivity contribution is 0.126. The number of fused-ring (bicyclic) bond motifs is 1. The van der Waals surface area contributed by atoms with Crippen molar-refractivity contribution in [3.63, 3.8) is 0 Å². The topological polar surface area (TPSA) is 55.2 Å². The van der Waals surface area contributed by atoms with Crippen LogP contribution >= 0.6 is 34.7 Å². The average molecular weight is 353 g/mol. The SMILES string of the molecule is OC(COc1ccc(Cl)cc1)CSc1ncnc2sccc12. The lowest BCUT2D eigenvalue weighted by atomic mass is 10.3. The second-order valence-corrected chi connectivity index (χ2v) is 6.89. The number of aromatic nitrogens is 2. The number of thioether (sulfide) groups is 1. The van der Waals surface area contributed by atoms with Gasteiger partial charge in [0.05, 0.1) is 6.10 Å². The molecule has 0 amide bonds. The second-order valence-electron chi connectivity index (χ2n) is 4.55. The van der Waals surface area contributed by atoms with E-state index in [2.05, 4.69) is 9.97 Å². The number of hydrogen-bond donors (Lipinski definition) is 1. The summed E-state index contributed by atoms with van der Waals surface area (Å²) in [5.74, 6) is 1.20. The molecule has 1 aromatic carbocycles. The molecular weight excluding hydrogens is 340 g/mol. The molecule has 0 spiro atoms. The molecule has 0 aliphatic rings. The predicted molar refractivity (Wildman–Crippen MR) is 91.1 cm³/mol. The molecule has 3 aromatic rings. The van der Waals surface area contributed by atoms with Crippen molar-refractivity contribution in [2.45, 2.75) is 11.1 Å². The van der Waals surface area contributed by atoms with Crippen LogP contribution in [-0.2, 0) is 0 Å². The number of ether oxygens (including phenoxy) is 1. The van der Waals surface area contributed by atoms with Gasteiger partial charge in [-0.2, -0.15) is 0 Å². The third-order valence-electron chi connectivity index (χ3n) is 2.89. The van der Waals surface area contributed by atoms with Gasteiger partial charge in [-0.3, -0.25) is 0 Å². The van der Waals surface area contributed by atoms with Gasteiger partial charge < -0.3 is 9.84 Å². The van der Waals surface area contributed by atoms with Crippen LogP contribution in [0.2, 0.25) is 5.02 Å². The molecule has 0 saturated carbocycles. The summed E-state index contributed by atoms with van der Waals surface area (Å²) in [6, 6.07) is 9.07. The van der Waals surface area contributed by atoms with E-state index in [1.54, 1.807) is 41.9 Å². The molecule has 114 valence electrons. The standard InChI is InChI=1S/C15H13ClN2O2S2/c16-10-1-3-12(4-2-10)20-7-11(19)8-22-15-13-5-6-21-14(13)17-9-18-15/h1-6,9,11,19H,7-8H2. The number of thiophene rings is 1. The number of rotatable bonds is 6. The summed E-state index contributed by atoms with van der Waals surface area (Å²) in [6.07, 6.45) is 0.974. The minimum atomic E-state index is -0.579. The fourth-order valence-electron chi connectivity index (χ4n) is 1.83. The van der Waals surface area contributed by atoms with E-state index in [9.17, 15) is 5.11 Å². The summed E-state index contributed by atoms with van der Waals surface area (Å²) in [4.78, 5) is 9.44. The number of halogens is 1. The van der Waals surface area contributed by atoms with Crippen molar-refractivity contribution >= 4 is 44.9 Å². The fraction of sp³-hybridized carbons (Fsp3) is 0.200. The maximum absolute atomic E-state index is 10.0. The van der Waals surface area contributed by atoms with Crippen molar-refractivity contribution in [3.05, 3.63) is 47.1 Å². The highest BCUT2D eigenvalue weighted by Crippen LogP contribution is 2.28. The Morgan fingerprint density at radius 3 is 2.86 bits per heavy atom. The van der Waals surface area contributed by atoms with Crippen LogP contribution in [0.1, 0.15) is 0 Å². The van der Waals surface area contributed by atoms with Crippen LogP contribution in [0, 0.1) is 0 Å². The van der Waals surface area contributed by atoms with E-state index in [4.69, 9.17) is 16.3 Å². The highest BCUT2D eigenvalue weighted by Gasteiger charge is 2.10. The summed E-state index contributed by atoms with van der Waals surface area (Å²) >= 11 is 8.90. The molecule has 1 atom stereocenters. The largest absolute Gasteiger partial charge is 0.491 e. The molecule has 0 aliphatic carbocycles. The highest BCUT2D eigenvalue weighted by atomic mass is 35.5. The Hall–Kier alpha value is -1.34. The zero-order valence-electron chi connectivity index (χ0n) is 11.5. The molecule has 1 unspecified atom stereocenters. The number of hydrogen-bond acceptors (Lipinski definition) is 6. The first-order valence-electron chi connectivity index (χ1n) is 6.60. The second kappa shape index (κ2) is 7.28. The molecule has 0 saturated heterocycles. The van der Waals surface area contributed by atoms with E-state index in [0.717, 1.165) is 15.2 Å². The normalized spacial score (nSPS) is 12.5. The third kappa shape index (κ3) is 3.89. The van der Waals surface area contributed by atoms with E-state index in [1.165, 1.54) is 11.8 Å². The van der Waals surface area contributed by atoms with Crippen molar-refractivity contribution < 1.29 is 9.84 Å². The van der Waals surface area contributed by atoms with Gasteiger partial charge in [-0.1, -0.05) is 11.6 Å². The van der Waals surface area contributed by atoms with Gasteiger partial charge >= 0.3 is 0 Å². The van der Waals surface area contributed by atoms with Gasteiger partial charge in [0.1, 0.15) is 28.5 Å². The first-order valence-corrected chi connectivity index (χ1v) is 8.84. The first kappa shape index (κ1) is 15.6. The molecule has 2 heterocycles. The summed E-state index contributed by atoms with van der Waals surface area (Å²) in [5.41, 5.74) is 0. The van der Waals surface area contributed by atoms with E-state index in [0.29, 0.717) is 16.5 Å². The molecule has 0 radical (unpaired) electrons. The zero-order valence-corrected chi connectivity index (χ0v) is 13.9. The Morgan fingerprint density at radius 2 is 2.05 bits per heavy atom. The Labute approximate surface area is 141 Å². The van der Waals surface area contributed by atoms with Gasteiger partial charge in [0.2, 0.25) is 0 Å². The summed E-state index contributed by atoms with van der Waals surface area (Å²) in [7, 11) is 0. The first-order chi connectivity index (χ1) is 10.7. The van der Waals surface area contributed by atoms with Crippen LogP contribution in [0.4, 0.5) is 0 Å². The lowest BCUT2D eigenvalue weighted by Gasteiger charge is -2.12. The van der Waals surface area contributed by atoms with Crippen molar-refractivity contribution in [2.24, 2.45) is 0 Å². The number of nitrogens with zero attached hydrogens (tertiary/aromatic N) is 2. The van der Waals surface area contributed by atoms with Crippen LogP contribution in [0.5, 0.6) is 5.75 Å². The number of benzene rings is 1. The highest BCUT2D eigenvalue weighted by molar-refractivity contribution is 7.99. The minimum absolute atomic E-state index is 0.229. The Balaban J connectivity index is 1.53. The Kier molecular flexibility index (Phi) is 5.15. The van der Waals surface area contributed by atoms with E-state index in [1.807, 2.05) is 11.4 Å². The van der Waals surface area contributed by atoms with Crippen molar-refractivity contribution in [1.82, 2.24) is 9.97 Å². The fourth-order valence-corrected chi connectivity index (χ4v) is 3.64. The molecule has 4 nitrogen and oxygen atoms in total. The minimum Gasteiger partial charge on any atom is -0.491 e. The van der Waals surface area contributed by atoms with Crippen molar-refractivity contribution in [2.75, 3.05) is 12.4 Å². The van der Waals surface area contributed by atoms with Crippen LogP contribution in [0.15, 0.2) is 47.1 Å². The summed E-state index contributed by atoms with van der Waals surface area (Å²) < 4.78 is 5.53. The van der Waals surface area contributed by atoms with Crippen LogP contribution in [0.25, 0.3) is 10.2 Å².